The third-order valence-electron chi connectivity index (χ3n) is 4.24. The molecule has 28 heavy (non-hydrogen) atoms. The zero-order chi connectivity index (χ0) is 20.4. The number of rotatable bonds is 5. The van der Waals surface area contributed by atoms with Crippen LogP contribution in [0.1, 0.15) is 17.3 Å². The topological polar surface area (TPSA) is 103 Å². The SMILES string of the molecule is CC(=O)c1ccc(NC(=O)CSc2ccnc3c2c(=O)n(C)c(=O)n3C)cc1. The highest BCUT2D eigenvalue weighted by molar-refractivity contribution is 8.00. The van der Waals surface area contributed by atoms with Crippen LogP contribution >= 0.6 is 11.8 Å². The number of carbonyl (C=O) groups excluding carboxylic acids is 2. The molecule has 0 unspecified atom stereocenters. The molecular weight excluding hydrogens is 380 g/mol. The molecule has 0 aliphatic carbocycles. The zero-order valence-electron chi connectivity index (χ0n) is 15.6. The Morgan fingerprint density at radius 2 is 1.75 bits per heavy atom. The number of aromatic nitrogens is 3. The van der Waals surface area contributed by atoms with Crippen LogP contribution in [-0.4, -0.2) is 31.6 Å². The number of hydrogen-bond acceptors (Lipinski definition) is 6. The van der Waals surface area contributed by atoms with Crippen molar-refractivity contribution >= 4 is 40.2 Å². The van der Waals surface area contributed by atoms with Gasteiger partial charge in [0.2, 0.25) is 5.91 Å². The van der Waals surface area contributed by atoms with E-state index in [1.165, 1.54) is 36.5 Å². The molecule has 2 heterocycles. The van der Waals surface area contributed by atoms with E-state index in [9.17, 15) is 19.2 Å². The van der Waals surface area contributed by atoms with E-state index in [1.807, 2.05) is 0 Å². The number of aryl methyl sites for hydroxylation is 1. The fourth-order valence-corrected chi connectivity index (χ4v) is 3.55. The molecule has 0 aliphatic rings. The van der Waals surface area contributed by atoms with Crippen molar-refractivity contribution in [1.82, 2.24) is 14.1 Å². The van der Waals surface area contributed by atoms with Gasteiger partial charge in [0.25, 0.3) is 5.56 Å². The normalized spacial score (nSPS) is 10.8. The molecule has 1 amide bonds. The molecule has 0 atom stereocenters. The van der Waals surface area contributed by atoms with E-state index in [4.69, 9.17) is 0 Å². The van der Waals surface area contributed by atoms with E-state index >= 15 is 0 Å². The van der Waals surface area contributed by atoms with E-state index in [0.29, 0.717) is 21.5 Å². The Labute approximate surface area is 164 Å². The van der Waals surface area contributed by atoms with Crippen LogP contribution in [0.4, 0.5) is 5.69 Å². The van der Waals surface area contributed by atoms with Crippen LogP contribution in [0.15, 0.2) is 51.0 Å². The van der Waals surface area contributed by atoms with Gasteiger partial charge < -0.3 is 5.32 Å². The molecule has 0 spiro atoms. The van der Waals surface area contributed by atoms with Gasteiger partial charge in [-0.3, -0.25) is 23.5 Å². The van der Waals surface area contributed by atoms with Gasteiger partial charge in [-0.25, -0.2) is 9.78 Å². The average molecular weight is 398 g/mol. The fourth-order valence-electron chi connectivity index (χ4n) is 2.71. The standard InChI is InChI=1S/C19H18N4O4S/c1-11(24)12-4-6-13(7-5-12)21-15(25)10-28-14-8-9-20-17-16(14)18(26)23(3)19(27)22(17)2/h4-9H,10H2,1-3H3,(H,21,25). The molecule has 1 N–H and O–H groups in total. The molecule has 2 aromatic heterocycles. The van der Waals surface area contributed by atoms with Gasteiger partial charge in [-0.1, -0.05) is 0 Å². The Balaban J connectivity index is 1.80. The fraction of sp³-hybridized carbons (Fsp3) is 0.211. The van der Waals surface area contributed by atoms with Crippen molar-refractivity contribution < 1.29 is 9.59 Å². The number of nitrogens with zero attached hydrogens (tertiary/aromatic N) is 3. The van der Waals surface area contributed by atoms with Crippen molar-refractivity contribution in [2.24, 2.45) is 14.1 Å². The molecule has 3 aromatic rings. The summed E-state index contributed by atoms with van der Waals surface area (Å²) < 4.78 is 2.32. The maximum atomic E-state index is 12.5. The number of ketones is 1. The van der Waals surface area contributed by atoms with Gasteiger partial charge in [0.15, 0.2) is 5.78 Å². The predicted octanol–water partition coefficient (Wildman–Crippen LogP) is 1.57. The second-order valence-electron chi connectivity index (χ2n) is 6.18. The summed E-state index contributed by atoms with van der Waals surface area (Å²) in [6.45, 7) is 1.48. The molecule has 0 aliphatic heterocycles. The number of nitrogens with one attached hydrogen (secondary N) is 1. The highest BCUT2D eigenvalue weighted by atomic mass is 32.2. The lowest BCUT2D eigenvalue weighted by Gasteiger charge is -2.10. The van der Waals surface area contributed by atoms with Crippen molar-refractivity contribution in [3.05, 3.63) is 62.9 Å². The smallest absolute Gasteiger partial charge is 0.325 e. The summed E-state index contributed by atoms with van der Waals surface area (Å²) in [6, 6.07) is 8.25. The summed E-state index contributed by atoms with van der Waals surface area (Å²) in [4.78, 5) is 52.8. The van der Waals surface area contributed by atoms with Gasteiger partial charge in [-0.2, -0.15) is 0 Å². The van der Waals surface area contributed by atoms with Crippen molar-refractivity contribution in [1.29, 1.82) is 0 Å². The van der Waals surface area contributed by atoms with Crippen molar-refractivity contribution in [2.45, 2.75) is 11.8 Å². The molecule has 0 saturated carbocycles. The maximum Gasteiger partial charge on any atom is 0.332 e. The molecule has 0 fully saturated rings. The molecule has 144 valence electrons. The summed E-state index contributed by atoms with van der Waals surface area (Å²) in [7, 11) is 2.95. The van der Waals surface area contributed by atoms with Gasteiger partial charge in [0.05, 0.1) is 11.1 Å². The van der Waals surface area contributed by atoms with E-state index in [-0.39, 0.29) is 23.1 Å². The number of thioether (sulfide) groups is 1. The summed E-state index contributed by atoms with van der Waals surface area (Å²) in [5.74, 6) is -0.235. The molecule has 1 aromatic carbocycles. The predicted molar refractivity (Wildman–Crippen MR) is 108 cm³/mol. The number of hydrogen-bond donors (Lipinski definition) is 1. The largest absolute Gasteiger partial charge is 0.332 e. The van der Waals surface area contributed by atoms with Crippen LogP contribution in [0.25, 0.3) is 11.0 Å². The minimum atomic E-state index is -0.459. The Hall–Kier alpha value is -3.20. The molecule has 0 saturated heterocycles. The van der Waals surface area contributed by atoms with E-state index in [2.05, 4.69) is 10.3 Å². The number of benzene rings is 1. The first-order valence-corrected chi connectivity index (χ1v) is 9.36. The molecule has 9 heteroatoms. The summed E-state index contributed by atoms with van der Waals surface area (Å²) >= 11 is 1.19. The molecule has 3 rings (SSSR count). The van der Waals surface area contributed by atoms with Crippen molar-refractivity contribution in [3.8, 4) is 0 Å². The maximum absolute atomic E-state index is 12.5. The molecule has 0 bridgehead atoms. The van der Waals surface area contributed by atoms with Gasteiger partial charge in [0, 0.05) is 36.4 Å². The number of amides is 1. The minimum Gasteiger partial charge on any atom is -0.325 e. The van der Waals surface area contributed by atoms with Crippen LogP contribution in [0.3, 0.4) is 0 Å². The first-order valence-electron chi connectivity index (χ1n) is 8.38. The number of fused-ring (bicyclic) bond motifs is 1. The van der Waals surface area contributed by atoms with Crippen LogP contribution in [0, 0.1) is 0 Å². The molecule has 0 radical (unpaired) electrons. The van der Waals surface area contributed by atoms with Gasteiger partial charge in [0.1, 0.15) is 5.65 Å². The monoisotopic (exact) mass is 398 g/mol. The van der Waals surface area contributed by atoms with Crippen LogP contribution in [0.5, 0.6) is 0 Å². The lowest BCUT2D eigenvalue weighted by Crippen LogP contribution is -2.37. The van der Waals surface area contributed by atoms with E-state index in [1.54, 1.807) is 37.4 Å². The Bertz CT molecular complexity index is 1200. The number of carbonyl (C=O) groups is 2. The second-order valence-corrected chi connectivity index (χ2v) is 7.20. The molecular formula is C19H18N4O4S. The first-order chi connectivity index (χ1) is 13.3. The lowest BCUT2D eigenvalue weighted by atomic mass is 10.1. The zero-order valence-corrected chi connectivity index (χ0v) is 16.4. The second kappa shape index (κ2) is 7.81. The van der Waals surface area contributed by atoms with Crippen LogP contribution < -0.4 is 16.6 Å². The quantitative estimate of drug-likeness (QED) is 0.517. The highest BCUT2D eigenvalue weighted by Gasteiger charge is 2.15. The van der Waals surface area contributed by atoms with Gasteiger partial charge in [-0.15, -0.1) is 11.8 Å². The first kappa shape index (κ1) is 19.6. The van der Waals surface area contributed by atoms with Crippen LogP contribution in [-0.2, 0) is 18.9 Å². The number of anilines is 1. The summed E-state index contributed by atoms with van der Waals surface area (Å²) in [5.41, 5.74) is 0.511. The van der Waals surface area contributed by atoms with E-state index in [0.717, 1.165) is 4.57 Å². The van der Waals surface area contributed by atoms with Crippen molar-refractivity contribution in [2.75, 3.05) is 11.1 Å². The van der Waals surface area contributed by atoms with Gasteiger partial charge in [-0.05, 0) is 37.3 Å². The van der Waals surface area contributed by atoms with Crippen LogP contribution in [0.2, 0.25) is 0 Å². The summed E-state index contributed by atoms with van der Waals surface area (Å²) in [6.07, 6.45) is 1.50. The van der Waals surface area contributed by atoms with Crippen molar-refractivity contribution in [3.63, 3.8) is 0 Å². The van der Waals surface area contributed by atoms with E-state index < -0.39 is 11.2 Å². The molecule has 8 nitrogen and oxygen atoms in total. The third-order valence-corrected chi connectivity index (χ3v) is 5.29. The average Bonchev–Trinajstić information content (AvgIpc) is 2.69. The van der Waals surface area contributed by atoms with Gasteiger partial charge >= 0.3 is 5.69 Å². The summed E-state index contributed by atoms with van der Waals surface area (Å²) in [5, 5.41) is 3.05. The Morgan fingerprint density at radius 1 is 1.07 bits per heavy atom. The lowest BCUT2D eigenvalue weighted by molar-refractivity contribution is -0.113. The Kier molecular flexibility index (Phi) is 5.46. The third kappa shape index (κ3) is 3.74. The minimum absolute atomic E-state index is 0.0472. The number of pyridine rings is 1. The Morgan fingerprint density at radius 3 is 2.39 bits per heavy atom. The number of Topliss-reactive ketones (excluding diaryl/α,β-unsaturated/α-hetero) is 1. The highest BCUT2D eigenvalue weighted by Crippen LogP contribution is 2.23.